The van der Waals surface area contributed by atoms with Crippen LogP contribution in [0.3, 0.4) is 0 Å². The Morgan fingerprint density at radius 3 is 3.00 bits per heavy atom. The number of aryl methyl sites for hydroxylation is 1. The van der Waals surface area contributed by atoms with Crippen molar-refractivity contribution >= 4 is 39.2 Å². The number of nitrogens with zero attached hydrogens (tertiary/aromatic N) is 1. The second kappa shape index (κ2) is 2.62. The van der Waals surface area contributed by atoms with Crippen LogP contribution in [0.2, 0.25) is 0 Å². The van der Waals surface area contributed by atoms with Crippen molar-refractivity contribution in [1.82, 2.24) is 10.2 Å². The highest BCUT2D eigenvalue weighted by molar-refractivity contribution is 14.1. The molecule has 0 unspecified atom stereocenters. The first kappa shape index (κ1) is 7.85. The van der Waals surface area contributed by atoms with E-state index in [1.165, 1.54) is 0 Å². The van der Waals surface area contributed by atoms with E-state index in [1.807, 2.05) is 19.1 Å². The number of nitrogen functional groups attached to an aromatic ring is 1. The summed E-state index contributed by atoms with van der Waals surface area (Å²) in [5.74, 6) is 0. The van der Waals surface area contributed by atoms with Gasteiger partial charge in [0.15, 0.2) is 0 Å². The molecular weight excluding hydrogens is 265 g/mol. The number of nitrogens with two attached hydrogens (primary N) is 1. The highest BCUT2D eigenvalue weighted by Gasteiger charge is 2.05. The Morgan fingerprint density at radius 1 is 1.50 bits per heavy atom. The number of rotatable bonds is 0. The number of hydrogen-bond donors (Lipinski definition) is 2. The standard InChI is InChI=1S/C8H8IN3/c1-4-2-5(10)7-6(3-4)11-12-8(7)9/h2-3H,10H2,1H3,(H,11,12). The Labute approximate surface area is 83.5 Å². The molecule has 0 fully saturated rings. The molecule has 1 heterocycles. The van der Waals surface area contributed by atoms with Gasteiger partial charge in [-0.3, -0.25) is 5.10 Å². The molecular formula is C8H8IN3. The van der Waals surface area contributed by atoms with E-state index in [0.717, 1.165) is 25.9 Å². The first-order chi connectivity index (χ1) is 5.68. The molecule has 0 aliphatic rings. The molecule has 3 nitrogen and oxygen atoms in total. The molecule has 1 aromatic heterocycles. The fraction of sp³-hybridized carbons (Fsp3) is 0.125. The minimum Gasteiger partial charge on any atom is -0.398 e. The van der Waals surface area contributed by atoms with Crippen LogP contribution in [0.5, 0.6) is 0 Å². The molecule has 3 N–H and O–H groups in total. The molecule has 2 aromatic rings. The molecule has 0 atom stereocenters. The highest BCUT2D eigenvalue weighted by atomic mass is 127. The maximum Gasteiger partial charge on any atom is 0.106 e. The van der Waals surface area contributed by atoms with Gasteiger partial charge in [0, 0.05) is 5.69 Å². The SMILES string of the molecule is Cc1cc(N)c2c(I)[nH]nc2c1. The number of anilines is 1. The second-order valence-electron chi connectivity index (χ2n) is 2.79. The zero-order chi connectivity index (χ0) is 8.72. The van der Waals surface area contributed by atoms with Gasteiger partial charge in [0.1, 0.15) is 3.70 Å². The lowest BCUT2D eigenvalue weighted by atomic mass is 10.1. The molecule has 0 aliphatic heterocycles. The maximum absolute atomic E-state index is 5.84. The van der Waals surface area contributed by atoms with Crippen LogP contribution in [0.4, 0.5) is 5.69 Å². The number of benzene rings is 1. The van der Waals surface area contributed by atoms with E-state index >= 15 is 0 Å². The van der Waals surface area contributed by atoms with Crippen LogP contribution in [-0.2, 0) is 0 Å². The van der Waals surface area contributed by atoms with Crippen LogP contribution >= 0.6 is 22.6 Å². The quantitative estimate of drug-likeness (QED) is 0.570. The zero-order valence-electron chi connectivity index (χ0n) is 6.56. The number of nitrogens with one attached hydrogen (secondary N) is 1. The van der Waals surface area contributed by atoms with Crippen molar-refractivity contribution in [3.05, 3.63) is 21.4 Å². The van der Waals surface area contributed by atoms with E-state index in [1.54, 1.807) is 0 Å². The average molecular weight is 273 g/mol. The number of aromatic nitrogens is 2. The number of fused-ring (bicyclic) bond motifs is 1. The highest BCUT2D eigenvalue weighted by Crippen LogP contribution is 2.25. The summed E-state index contributed by atoms with van der Waals surface area (Å²) in [7, 11) is 0. The smallest absolute Gasteiger partial charge is 0.106 e. The van der Waals surface area contributed by atoms with Crippen LogP contribution < -0.4 is 5.73 Å². The number of halogens is 1. The molecule has 0 bridgehead atoms. The lowest BCUT2D eigenvalue weighted by Gasteiger charge is -1.97. The van der Waals surface area contributed by atoms with Crippen LogP contribution in [0.15, 0.2) is 12.1 Å². The van der Waals surface area contributed by atoms with Gasteiger partial charge in [-0.25, -0.2) is 0 Å². The molecule has 12 heavy (non-hydrogen) atoms. The van der Waals surface area contributed by atoms with Gasteiger partial charge in [0.25, 0.3) is 0 Å². The van der Waals surface area contributed by atoms with E-state index in [4.69, 9.17) is 5.73 Å². The lowest BCUT2D eigenvalue weighted by molar-refractivity contribution is 1.09. The molecule has 0 saturated heterocycles. The topological polar surface area (TPSA) is 54.7 Å². The molecule has 0 spiro atoms. The fourth-order valence-corrected chi connectivity index (χ4v) is 2.00. The molecule has 0 aliphatic carbocycles. The third-order valence-corrected chi connectivity index (χ3v) is 2.57. The summed E-state index contributed by atoms with van der Waals surface area (Å²) in [5.41, 5.74) is 8.72. The van der Waals surface area contributed by atoms with Gasteiger partial charge in [0.05, 0.1) is 10.9 Å². The predicted octanol–water partition coefficient (Wildman–Crippen LogP) is 2.06. The Hall–Kier alpha value is -0.780. The Morgan fingerprint density at radius 2 is 2.25 bits per heavy atom. The third-order valence-electron chi connectivity index (χ3n) is 1.79. The number of H-pyrrole nitrogens is 1. The summed E-state index contributed by atoms with van der Waals surface area (Å²) in [6.45, 7) is 2.01. The van der Waals surface area contributed by atoms with Gasteiger partial charge in [0.2, 0.25) is 0 Å². The largest absolute Gasteiger partial charge is 0.398 e. The molecule has 2 rings (SSSR count). The van der Waals surface area contributed by atoms with Gasteiger partial charge >= 0.3 is 0 Å². The summed E-state index contributed by atoms with van der Waals surface area (Å²) in [6, 6.07) is 3.98. The summed E-state index contributed by atoms with van der Waals surface area (Å²) >= 11 is 2.19. The summed E-state index contributed by atoms with van der Waals surface area (Å²) < 4.78 is 1.00. The number of aromatic amines is 1. The van der Waals surface area contributed by atoms with E-state index in [9.17, 15) is 0 Å². The number of hydrogen-bond acceptors (Lipinski definition) is 2. The maximum atomic E-state index is 5.84. The summed E-state index contributed by atoms with van der Waals surface area (Å²) in [6.07, 6.45) is 0. The normalized spacial score (nSPS) is 10.8. The Bertz CT molecular complexity index is 433. The van der Waals surface area contributed by atoms with Gasteiger partial charge < -0.3 is 5.73 Å². The second-order valence-corrected chi connectivity index (χ2v) is 3.86. The summed E-state index contributed by atoms with van der Waals surface area (Å²) in [5, 5.41) is 8.06. The van der Waals surface area contributed by atoms with E-state index in [2.05, 4.69) is 32.8 Å². The zero-order valence-corrected chi connectivity index (χ0v) is 8.71. The Kier molecular flexibility index (Phi) is 1.71. The molecule has 0 radical (unpaired) electrons. The van der Waals surface area contributed by atoms with Crippen molar-refractivity contribution in [2.24, 2.45) is 0 Å². The van der Waals surface area contributed by atoms with Gasteiger partial charge in [-0.2, -0.15) is 5.10 Å². The van der Waals surface area contributed by atoms with Gasteiger partial charge in [-0.05, 0) is 47.2 Å². The first-order valence-corrected chi connectivity index (χ1v) is 4.66. The van der Waals surface area contributed by atoms with Gasteiger partial charge in [-0.15, -0.1) is 0 Å². The van der Waals surface area contributed by atoms with Crippen LogP contribution in [0, 0.1) is 10.6 Å². The predicted molar refractivity (Wildman–Crippen MR) is 58.0 cm³/mol. The van der Waals surface area contributed by atoms with Crippen molar-refractivity contribution in [1.29, 1.82) is 0 Å². The molecule has 0 amide bonds. The first-order valence-electron chi connectivity index (χ1n) is 3.58. The third kappa shape index (κ3) is 1.06. The van der Waals surface area contributed by atoms with E-state index < -0.39 is 0 Å². The molecule has 0 saturated carbocycles. The minimum absolute atomic E-state index is 0.795. The molecule has 62 valence electrons. The van der Waals surface area contributed by atoms with E-state index in [-0.39, 0.29) is 0 Å². The Balaban J connectivity index is 2.93. The van der Waals surface area contributed by atoms with Gasteiger partial charge in [-0.1, -0.05) is 0 Å². The van der Waals surface area contributed by atoms with E-state index in [0.29, 0.717) is 0 Å². The van der Waals surface area contributed by atoms with Crippen molar-refractivity contribution in [3.63, 3.8) is 0 Å². The summed E-state index contributed by atoms with van der Waals surface area (Å²) in [4.78, 5) is 0. The fourth-order valence-electron chi connectivity index (χ4n) is 1.29. The average Bonchev–Trinajstić information content (AvgIpc) is 2.31. The monoisotopic (exact) mass is 273 g/mol. The van der Waals surface area contributed by atoms with Crippen LogP contribution in [0.1, 0.15) is 5.56 Å². The van der Waals surface area contributed by atoms with Crippen molar-refractivity contribution in [3.8, 4) is 0 Å². The molecule has 4 heteroatoms. The van der Waals surface area contributed by atoms with Crippen molar-refractivity contribution in [2.45, 2.75) is 6.92 Å². The lowest BCUT2D eigenvalue weighted by Crippen LogP contribution is -1.87. The van der Waals surface area contributed by atoms with Crippen LogP contribution in [0.25, 0.3) is 10.9 Å². The molecule has 1 aromatic carbocycles. The van der Waals surface area contributed by atoms with Crippen molar-refractivity contribution in [2.75, 3.05) is 5.73 Å². The van der Waals surface area contributed by atoms with Crippen LogP contribution in [-0.4, -0.2) is 10.2 Å². The minimum atomic E-state index is 0.795. The van der Waals surface area contributed by atoms with Crippen molar-refractivity contribution < 1.29 is 0 Å².